The predicted molar refractivity (Wildman–Crippen MR) is 41.2 cm³/mol. The van der Waals surface area contributed by atoms with E-state index in [1.807, 2.05) is 13.8 Å². The Kier molecular flexibility index (Phi) is 1.15. The molecule has 11 heavy (non-hydrogen) atoms. The van der Waals surface area contributed by atoms with Gasteiger partial charge in [-0.2, -0.15) is 5.10 Å². The number of aryl methyl sites for hydroxylation is 2. The van der Waals surface area contributed by atoms with E-state index in [1.165, 1.54) is 0 Å². The first-order valence-electron chi connectivity index (χ1n) is 3.42. The normalized spacial score (nSPS) is 10.7. The van der Waals surface area contributed by atoms with E-state index < -0.39 is 0 Å². The maximum absolute atomic E-state index is 3.99. The van der Waals surface area contributed by atoms with Gasteiger partial charge in [-0.3, -0.25) is 0 Å². The Morgan fingerprint density at radius 3 is 2.91 bits per heavy atom. The van der Waals surface area contributed by atoms with E-state index in [9.17, 15) is 0 Å². The highest BCUT2D eigenvalue weighted by Crippen LogP contribution is 2.11. The number of aromatic nitrogens is 4. The monoisotopic (exact) mass is 148 g/mol. The average molecular weight is 148 g/mol. The standard InChI is InChI=1S/C7H8N4/c1-4-5(2)10-11-7-6(4)8-3-9-7/h3H,1-2H3,(H,8,9,11). The molecular formula is C7H8N4. The summed E-state index contributed by atoms with van der Waals surface area (Å²) in [6.07, 6.45) is 1.63. The van der Waals surface area contributed by atoms with E-state index in [2.05, 4.69) is 20.2 Å². The fourth-order valence-electron chi connectivity index (χ4n) is 1.02. The van der Waals surface area contributed by atoms with Gasteiger partial charge >= 0.3 is 0 Å². The van der Waals surface area contributed by atoms with Crippen LogP contribution in [0.3, 0.4) is 0 Å². The third kappa shape index (κ3) is 0.790. The minimum Gasteiger partial charge on any atom is -0.343 e. The lowest BCUT2D eigenvalue weighted by Gasteiger charge is -1.95. The van der Waals surface area contributed by atoms with E-state index in [1.54, 1.807) is 6.33 Å². The largest absolute Gasteiger partial charge is 0.343 e. The smallest absolute Gasteiger partial charge is 0.199 e. The highest BCUT2D eigenvalue weighted by atomic mass is 15.1. The molecule has 0 aliphatic carbocycles. The number of fused-ring (bicyclic) bond motifs is 1. The van der Waals surface area contributed by atoms with Crippen LogP contribution in [-0.4, -0.2) is 20.2 Å². The summed E-state index contributed by atoms with van der Waals surface area (Å²) in [6.45, 7) is 3.94. The van der Waals surface area contributed by atoms with Gasteiger partial charge in [-0.25, -0.2) is 4.98 Å². The van der Waals surface area contributed by atoms with Crippen LogP contribution >= 0.6 is 0 Å². The zero-order valence-electron chi connectivity index (χ0n) is 6.42. The van der Waals surface area contributed by atoms with Gasteiger partial charge < -0.3 is 4.98 Å². The van der Waals surface area contributed by atoms with Crippen LogP contribution in [0.15, 0.2) is 6.33 Å². The van der Waals surface area contributed by atoms with Gasteiger partial charge in [0.05, 0.1) is 17.5 Å². The van der Waals surface area contributed by atoms with Gasteiger partial charge in [0.2, 0.25) is 0 Å². The van der Waals surface area contributed by atoms with E-state index in [0.717, 1.165) is 16.8 Å². The molecule has 4 nitrogen and oxygen atoms in total. The SMILES string of the molecule is Cc1nnc2nc[nH]c2c1C. The van der Waals surface area contributed by atoms with Gasteiger partial charge in [0.1, 0.15) is 0 Å². The van der Waals surface area contributed by atoms with Crippen molar-refractivity contribution in [1.29, 1.82) is 0 Å². The topological polar surface area (TPSA) is 54.5 Å². The molecule has 2 rings (SSSR count). The van der Waals surface area contributed by atoms with Crippen molar-refractivity contribution in [3.8, 4) is 0 Å². The maximum atomic E-state index is 3.99. The molecule has 4 heteroatoms. The lowest BCUT2D eigenvalue weighted by molar-refractivity contribution is 0.989. The van der Waals surface area contributed by atoms with Crippen LogP contribution in [0.4, 0.5) is 0 Å². The van der Waals surface area contributed by atoms with Crippen molar-refractivity contribution < 1.29 is 0 Å². The molecule has 0 aromatic carbocycles. The van der Waals surface area contributed by atoms with E-state index in [-0.39, 0.29) is 0 Å². The number of nitrogens with zero attached hydrogens (tertiary/aromatic N) is 3. The lowest BCUT2D eigenvalue weighted by atomic mass is 10.2. The van der Waals surface area contributed by atoms with Crippen LogP contribution < -0.4 is 0 Å². The summed E-state index contributed by atoms with van der Waals surface area (Å²) in [5, 5.41) is 7.86. The second-order valence-corrected chi connectivity index (χ2v) is 2.51. The third-order valence-electron chi connectivity index (χ3n) is 1.83. The fourth-order valence-corrected chi connectivity index (χ4v) is 1.02. The van der Waals surface area contributed by atoms with Crippen molar-refractivity contribution in [3.63, 3.8) is 0 Å². The summed E-state index contributed by atoms with van der Waals surface area (Å²) in [5.74, 6) is 0. The van der Waals surface area contributed by atoms with Gasteiger partial charge in [0.15, 0.2) is 5.65 Å². The fraction of sp³-hybridized carbons (Fsp3) is 0.286. The minimum absolute atomic E-state index is 0.688. The van der Waals surface area contributed by atoms with Gasteiger partial charge in [-0.1, -0.05) is 0 Å². The summed E-state index contributed by atoms with van der Waals surface area (Å²) < 4.78 is 0. The van der Waals surface area contributed by atoms with Crippen molar-refractivity contribution in [1.82, 2.24) is 20.2 Å². The van der Waals surface area contributed by atoms with Crippen molar-refractivity contribution in [3.05, 3.63) is 17.6 Å². The molecule has 0 bridgehead atoms. The molecule has 2 aromatic rings. The molecule has 0 unspecified atom stereocenters. The Labute approximate surface area is 63.7 Å². The molecule has 2 heterocycles. The van der Waals surface area contributed by atoms with Gasteiger partial charge in [0.25, 0.3) is 0 Å². The van der Waals surface area contributed by atoms with Crippen LogP contribution in [0.1, 0.15) is 11.3 Å². The van der Waals surface area contributed by atoms with Crippen molar-refractivity contribution in [2.75, 3.05) is 0 Å². The molecule has 0 radical (unpaired) electrons. The summed E-state index contributed by atoms with van der Waals surface area (Å²) in [5.41, 5.74) is 3.74. The molecule has 0 saturated carbocycles. The number of aromatic amines is 1. The molecule has 0 atom stereocenters. The van der Waals surface area contributed by atoms with E-state index >= 15 is 0 Å². The first-order chi connectivity index (χ1) is 5.29. The molecule has 56 valence electrons. The predicted octanol–water partition coefficient (Wildman–Crippen LogP) is 0.970. The van der Waals surface area contributed by atoms with Gasteiger partial charge in [-0.05, 0) is 19.4 Å². The average Bonchev–Trinajstić information content (AvgIpc) is 2.45. The minimum atomic E-state index is 0.688. The summed E-state index contributed by atoms with van der Waals surface area (Å²) >= 11 is 0. The van der Waals surface area contributed by atoms with Crippen LogP contribution in [0.2, 0.25) is 0 Å². The van der Waals surface area contributed by atoms with Crippen LogP contribution in [0.25, 0.3) is 11.2 Å². The van der Waals surface area contributed by atoms with Crippen LogP contribution in [0.5, 0.6) is 0 Å². The zero-order valence-corrected chi connectivity index (χ0v) is 6.42. The Morgan fingerprint density at radius 1 is 1.27 bits per heavy atom. The van der Waals surface area contributed by atoms with Crippen molar-refractivity contribution in [2.24, 2.45) is 0 Å². The quantitative estimate of drug-likeness (QED) is 0.605. The van der Waals surface area contributed by atoms with Crippen LogP contribution in [-0.2, 0) is 0 Å². The first kappa shape index (κ1) is 6.27. The Hall–Kier alpha value is -1.45. The maximum Gasteiger partial charge on any atom is 0.199 e. The molecule has 1 N–H and O–H groups in total. The van der Waals surface area contributed by atoms with Gasteiger partial charge in [0, 0.05) is 0 Å². The third-order valence-corrected chi connectivity index (χ3v) is 1.83. The summed E-state index contributed by atoms with van der Waals surface area (Å²) in [6, 6.07) is 0. The number of imidazole rings is 1. The first-order valence-corrected chi connectivity index (χ1v) is 3.42. The second kappa shape index (κ2) is 2.02. The van der Waals surface area contributed by atoms with Crippen LogP contribution in [0, 0.1) is 13.8 Å². The van der Waals surface area contributed by atoms with Crippen molar-refractivity contribution >= 4 is 11.2 Å². The molecule has 0 spiro atoms. The Bertz CT molecular complexity index is 390. The Balaban J connectivity index is 2.93. The number of hydrogen-bond acceptors (Lipinski definition) is 3. The second-order valence-electron chi connectivity index (χ2n) is 2.51. The molecular weight excluding hydrogens is 140 g/mol. The highest BCUT2D eigenvalue weighted by Gasteiger charge is 2.03. The van der Waals surface area contributed by atoms with Gasteiger partial charge in [-0.15, -0.1) is 5.10 Å². The zero-order chi connectivity index (χ0) is 7.84. The molecule has 0 aliphatic heterocycles. The number of H-pyrrole nitrogens is 1. The Morgan fingerprint density at radius 2 is 2.09 bits per heavy atom. The molecule has 0 amide bonds. The number of rotatable bonds is 0. The molecule has 0 fully saturated rings. The summed E-state index contributed by atoms with van der Waals surface area (Å²) in [4.78, 5) is 7.01. The number of nitrogens with one attached hydrogen (secondary N) is 1. The highest BCUT2D eigenvalue weighted by molar-refractivity contribution is 5.73. The molecule has 0 aliphatic rings. The number of hydrogen-bond donors (Lipinski definition) is 1. The van der Waals surface area contributed by atoms with Crippen molar-refractivity contribution in [2.45, 2.75) is 13.8 Å². The van der Waals surface area contributed by atoms with E-state index in [4.69, 9.17) is 0 Å². The lowest BCUT2D eigenvalue weighted by Crippen LogP contribution is -1.91. The van der Waals surface area contributed by atoms with E-state index in [0.29, 0.717) is 5.65 Å². The molecule has 0 saturated heterocycles. The molecule has 2 aromatic heterocycles. The summed E-state index contributed by atoms with van der Waals surface area (Å²) in [7, 11) is 0.